The van der Waals surface area contributed by atoms with Crippen molar-refractivity contribution in [2.75, 3.05) is 0 Å². The van der Waals surface area contributed by atoms with Crippen LogP contribution in [0.4, 0.5) is 0 Å². The molecule has 0 bridgehead atoms. The van der Waals surface area contributed by atoms with Gasteiger partial charge in [0.05, 0.1) is 0 Å². The third-order valence-corrected chi connectivity index (χ3v) is 5.08. The number of aryl methyl sites for hydroxylation is 1. The Morgan fingerprint density at radius 1 is 1.29 bits per heavy atom. The van der Waals surface area contributed by atoms with E-state index in [1.807, 2.05) is 13.0 Å². The average Bonchev–Trinajstić information content (AvgIpc) is 3.16. The van der Waals surface area contributed by atoms with E-state index in [1.54, 1.807) is 19.2 Å². The summed E-state index contributed by atoms with van der Waals surface area (Å²) in [7, 11) is 0. The lowest BCUT2D eigenvalue weighted by Gasteiger charge is -2.25. The lowest BCUT2D eigenvalue weighted by Crippen LogP contribution is -2.41. The minimum absolute atomic E-state index is 0.105. The van der Waals surface area contributed by atoms with E-state index in [4.69, 9.17) is 0 Å². The van der Waals surface area contributed by atoms with Crippen molar-refractivity contribution in [2.24, 2.45) is 0 Å². The van der Waals surface area contributed by atoms with Gasteiger partial charge in [-0.1, -0.05) is 38.7 Å². The van der Waals surface area contributed by atoms with Gasteiger partial charge in [0.15, 0.2) is 11.4 Å². The molecule has 3 heterocycles. The molecule has 148 valence electrons. The first-order chi connectivity index (χ1) is 13.4. The lowest BCUT2D eigenvalue weighted by molar-refractivity contribution is -0.147. The Labute approximate surface area is 162 Å². The molecule has 0 spiro atoms. The van der Waals surface area contributed by atoms with Crippen LogP contribution in [0.15, 0.2) is 29.3 Å². The van der Waals surface area contributed by atoms with Crippen LogP contribution in [0.5, 0.6) is 0 Å². The average molecular weight is 384 g/mol. The van der Waals surface area contributed by atoms with Crippen molar-refractivity contribution in [1.82, 2.24) is 29.6 Å². The number of rotatable bonds is 8. The molecule has 1 N–H and O–H groups in total. The van der Waals surface area contributed by atoms with Crippen LogP contribution in [-0.2, 0) is 10.3 Å². The number of carboxylic acids is 1. The summed E-state index contributed by atoms with van der Waals surface area (Å²) in [4.78, 5) is 29.4. The van der Waals surface area contributed by atoms with E-state index in [-0.39, 0.29) is 16.9 Å². The number of tetrazole rings is 1. The molecule has 28 heavy (non-hydrogen) atoms. The summed E-state index contributed by atoms with van der Waals surface area (Å²) in [6.07, 6.45) is 7.14. The van der Waals surface area contributed by atoms with Gasteiger partial charge >= 0.3 is 5.97 Å². The zero-order valence-electron chi connectivity index (χ0n) is 16.3. The predicted octanol–water partition coefficient (Wildman–Crippen LogP) is 2.43. The standard InChI is InChI=1S/C19H24N6O3/c1-4-5-6-7-10-19(3,18(27)28)25-16(21-22-23-25)14-12-20-15-13(2)9-8-11-24(15)17(14)26/h8-9,11-12H,4-7,10H2,1-3H3,(H,27,28). The van der Waals surface area contributed by atoms with Crippen LogP contribution >= 0.6 is 0 Å². The fourth-order valence-electron chi connectivity index (χ4n) is 3.29. The molecule has 0 fully saturated rings. The molecular formula is C19H24N6O3. The number of fused-ring (bicyclic) bond motifs is 1. The molecule has 9 nitrogen and oxygen atoms in total. The van der Waals surface area contributed by atoms with Gasteiger partial charge < -0.3 is 5.11 Å². The zero-order valence-corrected chi connectivity index (χ0v) is 16.3. The topological polar surface area (TPSA) is 115 Å². The summed E-state index contributed by atoms with van der Waals surface area (Å²) in [5.41, 5.74) is -0.143. The highest BCUT2D eigenvalue weighted by Crippen LogP contribution is 2.27. The second kappa shape index (κ2) is 7.87. The van der Waals surface area contributed by atoms with Crippen molar-refractivity contribution in [3.05, 3.63) is 40.4 Å². The molecule has 9 heteroatoms. The quantitative estimate of drug-likeness (QED) is 0.593. The van der Waals surface area contributed by atoms with Gasteiger partial charge in [0.2, 0.25) is 0 Å². The number of carboxylic acid groups (broad SMARTS) is 1. The minimum Gasteiger partial charge on any atom is -0.479 e. The van der Waals surface area contributed by atoms with Gasteiger partial charge in [0.25, 0.3) is 5.56 Å². The molecule has 0 aliphatic carbocycles. The molecule has 1 unspecified atom stereocenters. The van der Waals surface area contributed by atoms with Crippen molar-refractivity contribution in [3.63, 3.8) is 0 Å². The van der Waals surface area contributed by atoms with E-state index in [2.05, 4.69) is 27.4 Å². The molecule has 3 aromatic rings. The molecule has 0 radical (unpaired) electrons. The van der Waals surface area contributed by atoms with Gasteiger partial charge in [0.1, 0.15) is 11.2 Å². The molecule has 0 amide bonds. The summed E-state index contributed by atoms with van der Waals surface area (Å²) >= 11 is 0. The maximum Gasteiger partial charge on any atom is 0.331 e. The van der Waals surface area contributed by atoms with Crippen molar-refractivity contribution in [3.8, 4) is 11.4 Å². The maximum absolute atomic E-state index is 13.0. The van der Waals surface area contributed by atoms with E-state index in [9.17, 15) is 14.7 Å². The highest BCUT2D eigenvalue weighted by molar-refractivity contribution is 5.77. The number of hydrogen-bond acceptors (Lipinski definition) is 6. The highest BCUT2D eigenvalue weighted by atomic mass is 16.4. The van der Waals surface area contributed by atoms with Crippen LogP contribution < -0.4 is 5.56 Å². The molecule has 3 aromatic heterocycles. The lowest BCUT2D eigenvalue weighted by atomic mass is 9.94. The third-order valence-electron chi connectivity index (χ3n) is 5.08. The molecule has 0 saturated carbocycles. The molecule has 0 aliphatic heterocycles. The summed E-state index contributed by atoms with van der Waals surface area (Å²) < 4.78 is 2.66. The van der Waals surface area contributed by atoms with Crippen LogP contribution in [0.3, 0.4) is 0 Å². The van der Waals surface area contributed by atoms with E-state index < -0.39 is 11.5 Å². The van der Waals surface area contributed by atoms with Gasteiger partial charge in [-0.15, -0.1) is 5.10 Å². The highest BCUT2D eigenvalue weighted by Gasteiger charge is 2.39. The van der Waals surface area contributed by atoms with Crippen LogP contribution in [0.1, 0.15) is 51.5 Å². The Morgan fingerprint density at radius 2 is 2.07 bits per heavy atom. The SMILES string of the molecule is CCCCCCC(C)(C(=O)O)n1nnnc1-c1cnc2c(C)cccn2c1=O. The minimum atomic E-state index is -1.36. The predicted molar refractivity (Wildman–Crippen MR) is 103 cm³/mol. The first kappa shape index (κ1) is 19.7. The molecule has 1 atom stereocenters. The van der Waals surface area contributed by atoms with Crippen LogP contribution in [0, 0.1) is 6.92 Å². The Balaban J connectivity index is 2.08. The number of aliphatic carboxylic acids is 1. The zero-order chi connectivity index (χ0) is 20.3. The van der Waals surface area contributed by atoms with Crippen molar-refractivity contribution < 1.29 is 9.90 Å². The molecule has 3 rings (SSSR count). The summed E-state index contributed by atoms with van der Waals surface area (Å²) in [6.45, 7) is 5.54. The normalized spacial score (nSPS) is 13.5. The summed E-state index contributed by atoms with van der Waals surface area (Å²) in [5.74, 6) is -0.934. The van der Waals surface area contributed by atoms with Gasteiger partial charge in [-0.25, -0.2) is 14.5 Å². The van der Waals surface area contributed by atoms with Gasteiger partial charge in [-0.05, 0) is 42.3 Å². The fourth-order valence-corrected chi connectivity index (χ4v) is 3.29. The van der Waals surface area contributed by atoms with E-state index in [0.717, 1.165) is 31.2 Å². The van der Waals surface area contributed by atoms with Crippen LogP contribution in [0.2, 0.25) is 0 Å². The van der Waals surface area contributed by atoms with Crippen molar-refractivity contribution in [1.29, 1.82) is 0 Å². The number of unbranched alkanes of at least 4 members (excludes halogenated alkanes) is 3. The first-order valence-corrected chi connectivity index (χ1v) is 9.39. The van der Waals surface area contributed by atoms with Crippen molar-refractivity contribution >= 4 is 11.6 Å². The van der Waals surface area contributed by atoms with Crippen LogP contribution in [-0.4, -0.2) is 40.7 Å². The number of pyridine rings is 1. The maximum atomic E-state index is 13.0. The van der Waals surface area contributed by atoms with E-state index in [1.165, 1.54) is 15.3 Å². The van der Waals surface area contributed by atoms with Gasteiger partial charge in [-0.2, -0.15) is 0 Å². The van der Waals surface area contributed by atoms with E-state index in [0.29, 0.717) is 12.1 Å². The second-order valence-corrected chi connectivity index (χ2v) is 7.17. The molecule has 0 aliphatic rings. The Hall–Kier alpha value is -3.10. The van der Waals surface area contributed by atoms with Crippen LogP contribution in [0.25, 0.3) is 17.0 Å². The van der Waals surface area contributed by atoms with Gasteiger partial charge in [-0.3, -0.25) is 9.20 Å². The van der Waals surface area contributed by atoms with Crippen molar-refractivity contribution in [2.45, 2.75) is 58.4 Å². The first-order valence-electron chi connectivity index (χ1n) is 9.39. The molecule has 0 saturated heterocycles. The number of nitrogens with zero attached hydrogens (tertiary/aromatic N) is 6. The van der Waals surface area contributed by atoms with E-state index >= 15 is 0 Å². The smallest absolute Gasteiger partial charge is 0.331 e. The molecular weight excluding hydrogens is 360 g/mol. The largest absolute Gasteiger partial charge is 0.479 e. The second-order valence-electron chi connectivity index (χ2n) is 7.17. The third kappa shape index (κ3) is 3.39. The number of aromatic nitrogens is 6. The Bertz CT molecular complexity index is 1060. The number of carbonyl (C=O) groups is 1. The summed E-state index contributed by atoms with van der Waals surface area (Å²) in [6, 6.07) is 3.62. The monoisotopic (exact) mass is 384 g/mol. The fraction of sp³-hybridized carbons (Fsp3) is 0.474. The number of hydrogen-bond donors (Lipinski definition) is 1. The summed E-state index contributed by atoms with van der Waals surface area (Å²) in [5, 5.41) is 21.4. The molecule has 0 aromatic carbocycles. The Morgan fingerprint density at radius 3 is 2.79 bits per heavy atom. The Kier molecular flexibility index (Phi) is 5.53. The van der Waals surface area contributed by atoms with Gasteiger partial charge in [0, 0.05) is 12.4 Å².